The lowest BCUT2D eigenvalue weighted by Gasteiger charge is -2.24. The smallest absolute Gasteiger partial charge is 0.223 e. The zero-order valence-corrected chi connectivity index (χ0v) is 13.3. The van der Waals surface area contributed by atoms with Crippen LogP contribution in [0.5, 0.6) is 5.75 Å². The summed E-state index contributed by atoms with van der Waals surface area (Å²) >= 11 is 0. The van der Waals surface area contributed by atoms with Gasteiger partial charge in [0.1, 0.15) is 5.75 Å². The van der Waals surface area contributed by atoms with Crippen LogP contribution in [0.15, 0.2) is 24.3 Å². The van der Waals surface area contributed by atoms with Crippen molar-refractivity contribution in [3.05, 3.63) is 29.8 Å². The van der Waals surface area contributed by atoms with Crippen molar-refractivity contribution in [3.63, 3.8) is 0 Å². The van der Waals surface area contributed by atoms with Gasteiger partial charge in [0.05, 0.1) is 13.0 Å². The van der Waals surface area contributed by atoms with Crippen LogP contribution in [0.25, 0.3) is 0 Å². The third kappa shape index (κ3) is 7.71. The van der Waals surface area contributed by atoms with Crippen molar-refractivity contribution >= 4 is 5.91 Å². The SMILES string of the molecule is Cc1cccc(OCCC(=O)NCC(C)(C)CCCO)c1. The van der Waals surface area contributed by atoms with E-state index in [0.717, 1.165) is 24.2 Å². The van der Waals surface area contributed by atoms with Gasteiger partial charge in [0.15, 0.2) is 0 Å². The van der Waals surface area contributed by atoms with Crippen LogP contribution in [0.4, 0.5) is 0 Å². The van der Waals surface area contributed by atoms with Crippen LogP contribution in [-0.2, 0) is 4.79 Å². The number of benzene rings is 1. The first-order valence-electron chi connectivity index (χ1n) is 7.50. The molecule has 1 rings (SSSR count). The van der Waals surface area contributed by atoms with E-state index in [1.807, 2.05) is 31.2 Å². The second-order valence-corrected chi connectivity index (χ2v) is 6.18. The molecule has 1 aromatic carbocycles. The first-order chi connectivity index (χ1) is 9.93. The third-order valence-corrected chi connectivity index (χ3v) is 3.36. The number of hydrogen-bond acceptors (Lipinski definition) is 3. The van der Waals surface area contributed by atoms with Gasteiger partial charge < -0.3 is 15.2 Å². The molecule has 0 aliphatic heterocycles. The molecule has 0 fully saturated rings. The highest BCUT2D eigenvalue weighted by Gasteiger charge is 2.18. The van der Waals surface area contributed by atoms with Crippen molar-refractivity contribution in [2.45, 2.75) is 40.0 Å². The average molecular weight is 293 g/mol. The molecule has 0 saturated carbocycles. The largest absolute Gasteiger partial charge is 0.493 e. The summed E-state index contributed by atoms with van der Waals surface area (Å²) in [7, 11) is 0. The van der Waals surface area contributed by atoms with Crippen LogP contribution in [0.1, 0.15) is 38.7 Å². The molecule has 0 aliphatic rings. The van der Waals surface area contributed by atoms with Gasteiger partial charge in [-0.3, -0.25) is 4.79 Å². The molecule has 0 heterocycles. The predicted octanol–water partition coefficient (Wildman–Crippen LogP) is 2.68. The van der Waals surface area contributed by atoms with Gasteiger partial charge in [0, 0.05) is 13.2 Å². The lowest BCUT2D eigenvalue weighted by Crippen LogP contribution is -2.34. The Balaban J connectivity index is 2.22. The average Bonchev–Trinajstić information content (AvgIpc) is 2.43. The maximum Gasteiger partial charge on any atom is 0.223 e. The Kier molecular flexibility index (Phi) is 7.23. The van der Waals surface area contributed by atoms with Crippen LogP contribution in [-0.4, -0.2) is 30.8 Å². The minimum Gasteiger partial charge on any atom is -0.493 e. The summed E-state index contributed by atoms with van der Waals surface area (Å²) in [5.41, 5.74) is 1.15. The molecule has 0 atom stereocenters. The Morgan fingerprint density at radius 1 is 1.38 bits per heavy atom. The normalized spacial score (nSPS) is 11.2. The van der Waals surface area contributed by atoms with Crippen molar-refractivity contribution in [2.75, 3.05) is 19.8 Å². The van der Waals surface area contributed by atoms with E-state index in [1.54, 1.807) is 0 Å². The summed E-state index contributed by atoms with van der Waals surface area (Å²) in [6.45, 7) is 7.39. The van der Waals surface area contributed by atoms with Gasteiger partial charge in [-0.1, -0.05) is 26.0 Å². The number of carbonyl (C=O) groups is 1. The number of rotatable bonds is 9. The van der Waals surface area contributed by atoms with E-state index in [2.05, 4.69) is 19.2 Å². The van der Waals surface area contributed by atoms with Crippen molar-refractivity contribution in [1.29, 1.82) is 0 Å². The lowest BCUT2D eigenvalue weighted by atomic mass is 9.88. The molecule has 1 aromatic rings. The maximum atomic E-state index is 11.8. The first kappa shape index (κ1) is 17.5. The van der Waals surface area contributed by atoms with Gasteiger partial charge in [-0.25, -0.2) is 0 Å². The van der Waals surface area contributed by atoms with Crippen molar-refractivity contribution in [1.82, 2.24) is 5.32 Å². The molecule has 118 valence electrons. The van der Waals surface area contributed by atoms with Gasteiger partial charge >= 0.3 is 0 Å². The number of aliphatic hydroxyl groups is 1. The van der Waals surface area contributed by atoms with Gasteiger partial charge in [-0.2, -0.15) is 0 Å². The molecule has 0 bridgehead atoms. The first-order valence-corrected chi connectivity index (χ1v) is 7.50. The van der Waals surface area contributed by atoms with Crippen molar-refractivity contribution < 1.29 is 14.6 Å². The number of nitrogens with one attached hydrogen (secondary N) is 1. The van der Waals surface area contributed by atoms with Crippen molar-refractivity contribution in [2.24, 2.45) is 5.41 Å². The Bertz CT molecular complexity index is 443. The topological polar surface area (TPSA) is 58.6 Å². The molecule has 0 aromatic heterocycles. The fourth-order valence-corrected chi connectivity index (χ4v) is 2.04. The highest BCUT2D eigenvalue weighted by atomic mass is 16.5. The molecule has 0 radical (unpaired) electrons. The van der Waals surface area contributed by atoms with Crippen LogP contribution >= 0.6 is 0 Å². The van der Waals surface area contributed by atoms with Crippen molar-refractivity contribution in [3.8, 4) is 5.75 Å². The van der Waals surface area contributed by atoms with E-state index in [4.69, 9.17) is 9.84 Å². The van der Waals surface area contributed by atoms with Crippen LogP contribution in [0, 0.1) is 12.3 Å². The minimum atomic E-state index is -0.000253. The highest BCUT2D eigenvalue weighted by molar-refractivity contribution is 5.76. The summed E-state index contributed by atoms with van der Waals surface area (Å²) < 4.78 is 5.56. The molecule has 0 aliphatic carbocycles. The maximum absolute atomic E-state index is 11.8. The van der Waals surface area contributed by atoms with E-state index < -0.39 is 0 Å². The second-order valence-electron chi connectivity index (χ2n) is 6.18. The Labute approximate surface area is 127 Å². The van der Waals surface area contributed by atoms with E-state index >= 15 is 0 Å². The Morgan fingerprint density at radius 3 is 2.81 bits per heavy atom. The molecule has 4 nitrogen and oxygen atoms in total. The van der Waals surface area contributed by atoms with Crippen LogP contribution in [0.2, 0.25) is 0 Å². The quantitative estimate of drug-likeness (QED) is 0.736. The van der Waals surface area contributed by atoms with Crippen LogP contribution < -0.4 is 10.1 Å². The fraction of sp³-hybridized carbons (Fsp3) is 0.588. The van der Waals surface area contributed by atoms with Crippen LogP contribution in [0.3, 0.4) is 0 Å². The highest BCUT2D eigenvalue weighted by Crippen LogP contribution is 2.20. The Hall–Kier alpha value is -1.55. The summed E-state index contributed by atoms with van der Waals surface area (Å²) in [5, 5.41) is 11.8. The summed E-state index contributed by atoms with van der Waals surface area (Å²) in [6, 6.07) is 7.79. The molecular formula is C17H27NO3. The molecular weight excluding hydrogens is 266 g/mol. The monoisotopic (exact) mass is 293 g/mol. The molecule has 0 unspecified atom stereocenters. The summed E-state index contributed by atoms with van der Waals surface area (Å²) in [6.07, 6.45) is 2.01. The molecule has 1 amide bonds. The zero-order valence-electron chi connectivity index (χ0n) is 13.3. The molecule has 0 spiro atoms. The van der Waals surface area contributed by atoms with E-state index in [9.17, 15) is 4.79 Å². The van der Waals surface area contributed by atoms with Gasteiger partial charge in [-0.15, -0.1) is 0 Å². The standard InChI is InChI=1S/C17H27NO3/c1-14-6-4-7-15(12-14)21-11-8-16(20)18-13-17(2,3)9-5-10-19/h4,6-7,12,19H,5,8-11,13H2,1-3H3,(H,18,20). The number of amides is 1. The number of aliphatic hydroxyl groups excluding tert-OH is 1. The predicted molar refractivity (Wildman–Crippen MR) is 84.4 cm³/mol. The molecule has 4 heteroatoms. The van der Waals surface area contributed by atoms with Gasteiger partial charge in [-0.05, 0) is 42.9 Å². The summed E-state index contributed by atoms with van der Waals surface area (Å²) in [4.78, 5) is 11.8. The number of aryl methyl sites for hydroxylation is 1. The fourth-order valence-electron chi connectivity index (χ4n) is 2.04. The second kappa shape index (κ2) is 8.67. The zero-order chi connectivity index (χ0) is 15.7. The number of carbonyl (C=O) groups excluding carboxylic acids is 1. The van der Waals surface area contributed by atoms with Gasteiger partial charge in [0.2, 0.25) is 5.91 Å². The number of ether oxygens (including phenoxy) is 1. The Morgan fingerprint density at radius 2 is 2.14 bits per heavy atom. The molecule has 21 heavy (non-hydrogen) atoms. The summed E-state index contributed by atoms with van der Waals surface area (Å²) in [5.74, 6) is 0.797. The number of hydrogen-bond donors (Lipinski definition) is 2. The molecule has 0 saturated heterocycles. The molecule has 2 N–H and O–H groups in total. The van der Waals surface area contributed by atoms with Gasteiger partial charge in [0.25, 0.3) is 0 Å². The minimum absolute atomic E-state index is 0.000253. The van der Waals surface area contributed by atoms with E-state index in [-0.39, 0.29) is 17.9 Å². The third-order valence-electron chi connectivity index (χ3n) is 3.36. The lowest BCUT2D eigenvalue weighted by molar-refractivity contribution is -0.122. The van der Waals surface area contributed by atoms with E-state index in [0.29, 0.717) is 19.6 Å². The van der Waals surface area contributed by atoms with E-state index in [1.165, 1.54) is 0 Å².